The fraction of sp³-hybridized carbons (Fsp3) is 0.462. The number of benzene rings is 1. The van der Waals surface area contributed by atoms with E-state index in [1.54, 1.807) is 0 Å². The van der Waals surface area contributed by atoms with Gasteiger partial charge in [-0.2, -0.15) is 0 Å². The van der Waals surface area contributed by atoms with Crippen molar-refractivity contribution in [3.8, 4) is 0 Å². The van der Waals surface area contributed by atoms with E-state index >= 15 is 0 Å². The molecule has 1 rings (SSSR count). The normalized spacial score (nSPS) is 11.3. The topological polar surface area (TPSA) is 27.1 Å². The molecule has 16 heavy (non-hydrogen) atoms. The van der Waals surface area contributed by atoms with E-state index in [9.17, 15) is 0 Å². The highest BCUT2D eigenvalue weighted by atomic mass is 35.5. The van der Waals surface area contributed by atoms with Crippen LogP contribution >= 0.6 is 11.6 Å². The van der Waals surface area contributed by atoms with Crippen molar-refractivity contribution < 1.29 is 0 Å². The van der Waals surface area contributed by atoms with Crippen molar-refractivity contribution in [1.29, 1.82) is 5.41 Å². The second-order valence-corrected chi connectivity index (χ2v) is 5.52. The molecule has 0 spiro atoms. The summed E-state index contributed by atoms with van der Waals surface area (Å²) in [5.74, 6) is 0.632. The van der Waals surface area contributed by atoms with Crippen LogP contribution in [0.25, 0.3) is 0 Å². The molecular weight excluding hydrogens is 220 g/mol. The summed E-state index contributed by atoms with van der Waals surface area (Å²) in [5.41, 5.74) is 1.01. The SMILES string of the molecule is CN(Cc1cccc(Cl)c1)C(=N)C(C)(C)C. The van der Waals surface area contributed by atoms with Crippen LogP contribution in [0, 0.1) is 10.8 Å². The van der Waals surface area contributed by atoms with Crippen molar-refractivity contribution in [3.63, 3.8) is 0 Å². The van der Waals surface area contributed by atoms with Gasteiger partial charge < -0.3 is 4.90 Å². The third-order valence-corrected chi connectivity index (χ3v) is 2.64. The van der Waals surface area contributed by atoms with Crippen molar-refractivity contribution in [1.82, 2.24) is 4.90 Å². The smallest absolute Gasteiger partial charge is 0.101 e. The second-order valence-electron chi connectivity index (χ2n) is 5.08. The molecule has 0 atom stereocenters. The Morgan fingerprint density at radius 3 is 2.50 bits per heavy atom. The minimum Gasteiger partial charge on any atom is -0.359 e. The Labute approximate surface area is 103 Å². The van der Waals surface area contributed by atoms with E-state index in [1.807, 2.05) is 57.0 Å². The number of nitrogens with zero attached hydrogens (tertiary/aromatic N) is 1. The van der Waals surface area contributed by atoms with E-state index in [-0.39, 0.29) is 5.41 Å². The number of amidine groups is 1. The summed E-state index contributed by atoms with van der Waals surface area (Å²) >= 11 is 5.93. The lowest BCUT2D eigenvalue weighted by Gasteiger charge is -2.29. The van der Waals surface area contributed by atoms with Gasteiger partial charge in [-0.25, -0.2) is 0 Å². The summed E-state index contributed by atoms with van der Waals surface area (Å²) in [6, 6.07) is 7.76. The molecule has 1 aromatic carbocycles. The maximum Gasteiger partial charge on any atom is 0.101 e. The third kappa shape index (κ3) is 3.53. The Morgan fingerprint density at radius 1 is 1.38 bits per heavy atom. The lowest BCUT2D eigenvalue weighted by molar-refractivity contribution is 0.417. The second kappa shape index (κ2) is 4.88. The first kappa shape index (κ1) is 13.0. The average molecular weight is 239 g/mol. The van der Waals surface area contributed by atoms with E-state index in [0.717, 1.165) is 17.1 Å². The van der Waals surface area contributed by atoms with Crippen LogP contribution in [0.15, 0.2) is 24.3 Å². The Morgan fingerprint density at radius 2 is 2.00 bits per heavy atom. The van der Waals surface area contributed by atoms with Crippen LogP contribution in [0.5, 0.6) is 0 Å². The largest absolute Gasteiger partial charge is 0.359 e. The Hall–Kier alpha value is -1.02. The highest BCUT2D eigenvalue weighted by Gasteiger charge is 2.20. The molecule has 0 aliphatic heterocycles. The van der Waals surface area contributed by atoms with E-state index in [4.69, 9.17) is 17.0 Å². The van der Waals surface area contributed by atoms with Gasteiger partial charge in [0.1, 0.15) is 5.84 Å². The summed E-state index contributed by atoms with van der Waals surface area (Å²) < 4.78 is 0. The van der Waals surface area contributed by atoms with Crippen LogP contribution in [0.1, 0.15) is 26.3 Å². The molecule has 0 bridgehead atoms. The van der Waals surface area contributed by atoms with Gasteiger partial charge in [0.05, 0.1) is 0 Å². The summed E-state index contributed by atoms with van der Waals surface area (Å²) in [6.45, 7) is 6.86. The molecular formula is C13H19ClN2. The molecule has 0 saturated heterocycles. The molecule has 0 amide bonds. The number of hydrogen-bond donors (Lipinski definition) is 1. The van der Waals surface area contributed by atoms with Crippen LogP contribution in [0.2, 0.25) is 5.02 Å². The lowest BCUT2D eigenvalue weighted by atomic mass is 9.94. The molecule has 1 aromatic rings. The minimum absolute atomic E-state index is 0.118. The molecule has 0 heterocycles. The van der Waals surface area contributed by atoms with Gasteiger partial charge in [-0.3, -0.25) is 5.41 Å². The first-order valence-electron chi connectivity index (χ1n) is 5.35. The fourth-order valence-corrected chi connectivity index (χ4v) is 1.77. The van der Waals surface area contributed by atoms with Crippen LogP contribution in [-0.4, -0.2) is 17.8 Å². The van der Waals surface area contributed by atoms with Gasteiger partial charge in [0.2, 0.25) is 0 Å². The van der Waals surface area contributed by atoms with Gasteiger partial charge in [0, 0.05) is 24.0 Å². The maximum atomic E-state index is 8.04. The van der Waals surface area contributed by atoms with E-state index in [0.29, 0.717) is 5.84 Å². The molecule has 1 N–H and O–H groups in total. The quantitative estimate of drug-likeness (QED) is 0.616. The van der Waals surface area contributed by atoms with Crippen LogP contribution in [-0.2, 0) is 6.54 Å². The van der Waals surface area contributed by atoms with Crippen LogP contribution < -0.4 is 0 Å². The monoisotopic (exact) mass is 238 g/mol. The summed E-state index contributed by atoms with van der Waals surface area (Å²) in [7, 11) is 1.94. The Kier molecular flexibility index (Phi) is 3.98. The molecule has 0 saturated carbocycles. The minimum atomic E-state index is -0.118. The van der Waals surface area contributed by atoms with E-state index in [1.165, 1.54) is 0 Å². The number of hydrogen-bond acceptors (Lipinski definition) is 1. The van der Waals surface area contributed by atoms with Gasteiger partial charge in [-0.05, 0) is 17.7 Å². The zero-order valence-electron chi connectivity index (χ0n) is 10.3. The Bertz CT molecular complexity index is 380. The molecule has 0 aliphatic carbocycles. The first-order chi connectivity index (χ1) is 7.30. The van der Waals surface area contributed by atoms with Gasteiger partial charge in [-0.15, -0.1) is 0 Å². The lowest BCUT2D eigenvalue weighted by Crippen LogP contribution is -2.35. The highest BCUT2D eigenvalue weighted by molar-refractivity contribution is 6.30. The predicted molar refractivity (Wildman–Crippen MR) is 70.1 cm³/mol. The third-order valence-electron chi connectivity index (χ3n) is 2.40. The van der Waals surface area contributed by atoms with Crippen molar-refractivity contribution in [2.45, 2.75) is 27.3 Å². The van der Waals surface area contributed by atoms with Crippen molar-refractivity contribution in [3.05, 3.63) is 34.9 Å². The zero-order valence-corrected chi connectivity index (χ0v) is 11.1. The van der Waals surface area contributed by atoms with Gasteiger partial charge in [0.25, 0.3) is 0 Å². The molecule has 88 valence electrons. The van der Waals surface area contributed by atoms with Crippen molar-refractivity contribution in [2.24, 2.45) is 5.41 Å². The molecule has 0 aromatic heterocycles. The van der Waals surface area contributed by atoms with Gasteiger partial charge in [-0.1, -0.05) is 44.5 Å². The van der Waals surface area contributed by atoms with E-state index < -0.39 is 0 Å². The van der Waals surface area contributed by atoms with Gasteiger partial charge in [0.15, 0.2) is 0 Å². The summed E-state index contributed by atoms with van der Waals surface area (Å²) in [4.78, 5) is 1.95. The summed E-state index contributed by atoms with van der Waals surface area (Å²) in [5, 5.41) is 8.79. The molecule has 0 fully saturated rings. The van der Waals surface area contributed by atoms with Gasteiger partial charge >= 0.3 is 0 Å². The number of rotatable bonds is 2. The zero-order chi connectivity index (χ0) is 12.3. The number of halogens is 1. The molecule has 0 unspecified atom stereocenters. The highest BCUT2D eigenvalue weighted by Crippen LogP contribution is 2.19. The first-order valence-corrected chi connectivity index (χ1v) is 5.73. The molecule has 0 aliphatic rings. The maximum absolute atomic E-state index is 8.04. The van der Waals surface area contributed by atoms with Crippen LogP contribution in [0.4, 0.5) is 0 Å². The molecule has 0 radical (unpaired) electrons. The van der Waals surface area contributed by atoms with E-state index in [2.05, 4.69) is 0 Å². The molecule has 3 heteroatoms. The standard InChI is InChI=1S/C13H19ClN2/c1-13(2,3)12(15)16(4)9-10-6-5-7-11(14)8-10/h5-8,15H,9H2,1-4H3. The Balaban J connectivity index is 2.72. The number of nitrogens with one attached hydrogen (secondary N) is 1. The average Bonchev–Trinajstić information content (AvgIpc) is 2.15. The summed E-state index contributed by atoms with van der Waals surface area (Å²) in [6.07, 6.45) is 0. The van der Waals surface area contributed by atoms with Crippen molar-refractivity contribution in [2.75, 3.05) is 7.05 Å². The van der Waals surface area contributed by atoms with Crippen LogP contribution in [0.3, 0.4) is 0 Å². The van der Waals surface area contributed by atoms with Crippen molar-refractivity contribution >= 4 is 17.4 Å². The predicted octanol–water partition coefficient (Wildman–Crippen LogP) is 3.80. The molecule has 2 nitrogen and oxygen atoms in total. The fourth-order valence-electron chi connectivity index (χ4n) is 1.56.